The highest BCUT2D eigenvalue weighted by molar-refractivity contribution is 7.89. The van der Waals surface area contributed by atoms with Crippen molar-refractivity contribution in [1.82, 2.24) is 4.31 Å². The largest absolute Gasteiger partial charge is 0.381 e. The Morgan fingerprint density at radius 3 is 2.38 bits per heavy atom. The molecule has 1 aromatic rings. The molecular weight excluding hydrogens is 328 g/mol. The van der Waals surface area contributed by atoms with Crippen molar-refractivity contribution in [3.05, 3.63) is 23.8 Å². The summed E-state index contributed by atoms with van der Waals surface area (Å²) in [6.07, 6.45) is 3.46. The highest BCUT2D eigenvalue weighted by Crippen LogP contribution is 2.41. The Morgan fingerprint density at radius 1 is 1.25 bits per heavy atom. The van der Waals surface area contributed by atoms with E-state index in [9.17, 15) is 13.2 Å². The summed E-state index contributed by atoms with van der Waals surface area (Å²) in [5.41, 5.74) is 1.26. The molecule has 0 saturated carbocycles. The zero-order valence-corrected chi connectivity index (χ0v) is 15.1. The maximum atomic E-state index is 13.2. The average Bonchev–Trinajstić information content (AvgIpc) is 2.78. The van der Waals surface area contributed by atoms with Gasteiger partial charge >= 0.3 is 0 Å². The van der Waals surface area contributed by atoms with Crippen LogP contribution < -0.4 is 5.32 Å². The molecule has 1 N–H and O–H groups in total. The number of hydrogen-bond acceptors (Lipinski definition) is 4. The minimum Gasteiger partial charge on any atom is -0.381 e. The van der Waals surface area contributed by atoms with Gasteiger partial charge in [0.05, 0.1) is 11.0 Å². The van der Waals surface area contributed by atoms with E-state index in [1.165, 1.54) is 6.92 Å². The number of rotatable bonds is 4. The second kappa shape index (κ2) is 6.46. The first-order chi connectivity index (χ1) is 11.3. The van der Waals surface area contributed by atoms with Gasteiger partial charge in [-0.05, 0) is 56.4 Å². The van der Waals surface area contributed by atoms with E-state index in [1.807, 2.05) is 0 Å². The second-order valence-corrected chi connectivity index (χ2v) is 8.52. The molecular formula is C17H24N2O4S. The highest BCUT2D eigenvalue weighted by atomic mass is 32.2. The molecule has 1 amide bonds. The molecule has 0 aliphatic carbocycles. The van der Waals surface area contributed by atoms with E-state index >= 15 is 0 Å². The van der Waals surface area contributed by atoms with Crippen molar-refractivity contribution in [1.29, 1.82) is 0 Å². The molecule has 0 radical (unpaired) electrons. The number of fused-ring (bicyclic) bond motifs is 2. The Kier molecular flexibility index (Phi) is 4.68. The molecule has 6 nitrogen and oxygen atoms in total. The first-order valence-electron chi connectivity index (χ1n) is 8.27. The zero-order chi connectivity index (χ0) is 17.5. The van der Waals surface area contributed by atoms with Crippen LogP contribution in [0.5, 0.6) is 0 Å². The van der Waals surface area contributed by atoms with Crippen molar-refractivity contribution in [3.63, 3.8) is 0 Å². The van der Waals surface area contributed by atoms with Crippen molar-refractivity contribution in [2.75, 3.05) is 12.4 Å². The van der Waals surface area contributed by atoms with Crippen LogP contribution in [0.15, 0.2) is 23.1 Å². The Bertz CT molecular complexity index is 733. The fourth-order valence-corrected chi connectivity index (χ4v) is 6.10. The molecule has 7 heteroatoms. The number of methoxy groups -OCH3 is 1. The third-order valence-corrected chi connectivity index (χ3v) is 7.17. The van der Waals surface area contributed by atoms with Crippen molar-refractivity contribution in [2.24, 2.45) is 0 Å². The number of benzene rings is 1. The lowest BCUT2D eigenvalue weighted by molar-refractivity contribution is -0.114. The molecule has 1 aromatic carbocycles. The van der Waals surface area contributed by atoms with E-state index < -0.39 is 10.0 Å². The summed E-state index contributed by atoms with van der Waals surface area (Å²) < 4.78 is 33.5. The number of piperidine rings is 1. The topological polar surface area (TPSA) is 75.7 Å². The smallest absolute Gasteiger partial charge is 0.243 e. The van der Waals surface area contributed by atoms with Gasteiger partial charge in [-0.15, -0.1) is 0 Å². The number of ether oxygens (including phenoxy) is 1. The van der Waals surface area contributed by atoms with Crippen LogP contribution in [-0.4, -0.2) is 43.9 Å². The summed E-state index contributed by atoms with van der Waals surface area (Å²) in [5.74, 6) is -0.176. The number of nitrogens with zero attached hydrogens (tertiary/aromatic N) is 1. The average molecular weight is 352 g/mol. The van der Waals surface area contributed by atoms with Gasteiger partial charge in [-0.25, -0.2) is 8.42 Å². The van der Waals surface area contributed by atoms with E-state index in [2.05, 4.69) is 5.32 Å². The number of hydrogen-bond donors (Lipinski definition) is 1. The lowest BCUT2D eigenvalue weighted by Gasteiger charge is -2.37. The number of aryl methyl sites for hydroxylation is 1. The van der Waals surface area contributed by atoms with Crippen LogP contribution in [0.25, 0.3) is 0 Å². The van der Waals surface area contributed by atoms with Crippen LogP contribution in [0, 0.1) is 6.92 Å². The molecule has 24 heavy (non-hydrogen) atoms. The molecule has 2 heterocycles. The standard InChI is InChI=1S/C17H24N2O4S/c1-11-8-13(18-12(2)20)4-7-17(11)24(21,22)19-14-5-6-15(19)10-16(9-14)23-3/h4,7-8,14-16H,5-6,9-10H2,1-3H3,(H,18,20). The molecule has 2 bridgehead atoms. The summed E-state index contributed by atoms with van der Waals surface area (Å²) in [7, 11) is -1.85. The molecule has 0 spiro atoms. The van der Waals surface area contributed by atoms with Gasteiger partial charge in [-0.2, -0.15) is 4.31 Å². The van der Waals surface area contributed by atoms with Gasteiger partial charge in [0.2, 0.25) is 15.9 Å². The minimum atomic E-state index is -3.54. The third kappa shape index (κ3) is 3.08. The van der Waals surface area contributed by atoms with Crippen LogP contribution in [0.2, 0.25) is 0 Å². The van der Waals surface area contributed by atoms with Gasteiger partial charge in [0.25, 0.3) is 0 Å². The fourth-order valence-electron chi connectivity index (χ4n) is 4.00. The van der Waals surface area contributed by atoms with Crippen molar-refractivity contribution < 1.29 is 17.9 Å². The Hall–Kier alpha value is -1.44. The molecule has 2 saturated heterocycles. The quantitative estimate of drug-likeness (QED) is 0.902. The molecule has 2 aliphatic heterocycles. The highest BCUT2D eigenvalue weighted by Gasteiger charge is 2.47. The maximum absolute atomic E-state index is 13.2. The lowest BCUT2D eigenvalue weighted by Crippen LogP contribution is -2.48. The van der Waals surface area contributed by atoms with Crippen LogP contribution in [0.4, 0.5) is 5.69 Å². The van der Waals surface area contributed by atoms with E-state index in [4.69, 9.17) is 4.74 Å². The van der Waals surface area contributed by atoms with Gasteiger partial charge in [0.1, 0.15) is 0 Å². The van der Waals surface area contributed by atoms with Crippen LogP contribution in [-0.2, 0) is 19.6 Å². The zero-order valence-electron chi connectivity index (χ0n) is 14.3. The van der Waals surface area contributed by atoms with Crippen LogP contribution in [0.3, 0.4) is 0 Å². The van der Waals surface area contributed by atoms with Gasteiger partial charge < -0.3 is 10.1 Å². The summed E-state index contributed by atoms with van der Waals surface area (Å²) >= 11 is 0. The summed E-state index contributed by atoms with van der Waals surface area (Å²) in [5, 5.41) is 2.68. The molecule has 2 atom stereocenters. The SMILES string of the molecule is COC1CC2CCC(C1)N2S(=O)(=O)c1ccc(NC(C)=O)cc1C. The molecule has 2 aliphatic rings. The predicted molar refractivity (Wildman–Crippen MR) is 91.3 cm³/mol. The number of amides is 1. The van der Waals surface area contributed by atoms with Gasteiger partial charge in [-0.1, -0.05) is 0 Å². The number of anilines is 1. The lowest BCUT2D eigenvalue weighted by atomic mass is 10.0. The molecule has 2 unspecified atom stereocenters. The predicted octanol–water partition coefficient (Wildman–Crippen LogP) is 2.28. The normalized spacial score (nSPS) is 27.2. The Morgan fingerprint density at radius 2 is 1.88 bits per heavy atom. The number of carbonyl (C=O) groups is 1. The molecule has 2 fully saturated rings. The van der Waals surface area contributed by atoms with Crippen LogP contribution >= 0.6 is 0 Å². The first kappa shape index (κ1) is 17.4. The van der Waals surface area contributed by atoms with Gasteiger partial charge in [0.15, 0.2) is 0 Å². The van der Waals surface area contributed by atoms with Crippen molar-refractivity contribution >= 4 is 21.6 Å². The third-order valence-electron chi connectivity index (χ3n) is 5.01. The summed E-state index contributed by atoms with van der Waals surface area (Å²) in [6, 6.07) is 4.99. The minimum absolute atomic E-state index is 0.0214. The molecule has 3 rings (SSSR count). The van der Waals surface area contributed by atoms with Gasteiger partial charge in [-0.3, -0.25) is 4.79 Å². The van der Waals surface area contributed by atoms with E-state index in [0.717, 1.165) is 25.7 Å². The first-order valence-corrected chi connectivity index (χ1v) is 9.71. The van der Waals surface area contributed by atoms with E-state index in [1.54, 1.807) is 36.5 Å². The Labute approximate surface area is 143 Å². The monoisotopic (exact) mass is 352 g/mol. The maximum Gasteiger partial charge on any atom is 0.243 e. The van der Waals surface area contributed by atoms with Crippen molar-refractivity contribution in [2.45, 2.75) is 62.6 Å². The van der Waals surface area contributed by atoms with Gasteiger partial charge in [0, 0.05) is 31.8 Å². The summed E-state index contributed by atoms with van der Waals surface area (Å²) in [6.45, 7) is 3.19. The molecule has 132 valence electrons. The molecule has 0 aromatic heterocycles. The van der Waals surface area contributed by atoms with E-state index in [0.29, 0.717) is 16.1 Å². The van der Waals surface area contributed by atoms with E-state index in [-0.39, 0.29) is 24.1 Å². The fraction of sp³-hybridized carbons (Fsp3) is 0.588. The number of sulfonamides is 1. The number of nitrogens with one attached hydrogen (secondary N) is 1. The summed E-state index contributed by atoms with van der Waals surface area (Å²) in [4.78, 5) is 11.5. The number of carbonyl (C=O) groups excluding carboxylic acids is 1. The van der Waals surface area contributed by atoms with Crippen LogP contribution in [0.1, 0.15) is 38.2 Å². The second-order valence-electron chi connectivity index (χ2n) is 6.71. The Balaban J connectivity index is 1.90. The van der Waals surface area contributed by atoms with Crippen molar-refractivity contribution in [3.8, 4) is 0 Å².